The van der Waals surface area contributed by atoms with Crippen LogP contribution in [0.4, 0.5) is 5.69 Å². The van der Waals surface area contributed by atoms with Crippen LogP contribution in [0.25, 0.3) is 16.7 Å². The summed E-state index contributed by atoms with van der Waals surface area (Å²) in [5.74, 6) is 0.428. The first-order valence-electron chi connectivity index (χ1n) is 6.39. The molecule has 2 aromatic heterocycles. The second kappa shape index (κ2) is 3.89. The molecule has 3 aromatic rings. The molecule has 0 saturated heterocycles. The Morgan fingerprint density at radius 3 is 3.05 bits per heavy atom. The van der Waals surface area contributed by atoms with Crippen LogP contribution >= 0.6 is 0 Å². The predicted octanol–water partition coefficient (Wildman–Crippen LogP) is 0.482. The van der Waals surface area contributed by atoms with Gasteiger partial charge < -0.3 is 5.32 Å². The minimum Gasteiger partial charge on any atom is -0.384 e. The summed E-state index contributed by atoms with van der Waals surface area (Å²) in [7, 11) is 1.74. The van der Waals surface area contributed by atoms with Crippen LogP contribution in [0.2, 0.25) is 0 Å². The summed E-state index contributed by atoms with van der Waals surface area (Å²) in [4.78, 5) is 16.7. The minimum absolute atomic E-state index is 0.176. The highest BCUT2D eigenvalue weighted by Crippen LogP contribution is 2.27. The highest BCUT2D eigenvalue weighted by molar-refractivity contribution is 5.96. The lowest BCUT2D eigenvalue weighted by atomic mass is 10.0. The third-order valence-corrected chi connectivity index (χ3v) is 3.55. The molecular weight excluding hydrogens is 256 g/mol. The molecule has 0 atom stereocenters. The van der Waals surface area contributed by atoms with Crippen molar-refractivity contribution in [3.05, 3.63) is 40.6 Å². The molecule has 0 radical (unpaired) electrons. The third kappa shape index (κ3) is 1.40. The van der Waals surface area contributed by atoms with Gasteiger partial charge in [0.05, 0.1) is 11.1 Å². The Morgan fingerprint density at radius 1 is 1.35 bits per heavy atom. The highest BCUT2D eigenvalue weighted by Gasteiger charge is 2.19. The van der Waals surface area contributed by atoms with E-state index >= 15 is 0 Å². The number of nitrogens with zero attached hydrogens (tertiary/aromatic N) is 5. The lowest BCUT2D eigenvalue weighted by Crippen LogP contribution is -2.28. The number of nitrogens with one attached hydrogen (secondary N) is 1. The quantitative estimate of drug-likeness (QED) is 0.694. The molecule has 4 rings (SSSR count). The van der Waals surface area contributed by atoms with Gasteiger partial charge in [0.2, 0.25) is 0 Å². The van der Waals surface area contributed by atoms with Crippen molar-refractivity contribution in [1.29, 1.82) is 0 Å². The van der Waals surface area contributed by atoms with E-state index in [1.54, 1.807) is 7.05 Å². The van der Waals surface area contributed by atoms with Gasteiger partial charge in [0.1, 0.15) is 6.33 Å². The maximum absolute atomic E-state index is 12.6. The fourth-order valence-corrected chi connectivity index (χ4v) is 2.63. The summed E-state index contributed by atoms with van der Waals surface area (Å²) in [6.07, 6.45) is 2.20. The first kappa shape index (κ1) is 11.2. The van der Waals surface area contributed by atoms with E-state index in [1.165, 1.54) is 15.7 Å². The first-order valence-corrected chi connectivity index (χ1v) is 6.39. The Labute approximate surface area is 113 Å². The Balaban J connectivity index is 2.14. The molecular formula is C13H12N6O. The number of hydrogen-bond donors (Lipinski definition) is 1. The molecule has 7 heteroatoms. The van der Waals surface area contributed by atoms with Gasteiger partial charge in [-0.25, -0.2) is 4.68 Å². The van der Waals surface area contributed by atoms with E-state index in [-0.39, 0.29) is 5.56 Å². The number of aryl methyl sites for hydroxylation is 1. The van der Waals surface area contributed by atoms with Crippen molar-refractivity contribution in [2.45, 2.75) is 6.42 Å². The van der Waals surface area contributed by atoms with Gasteiger partial charge in [0, 0.05) is 31.1 Å². The molecule has 0 fully saturated rings. The van der Waals surface area contributed by atoms with Crippen LogP contribution < -0.4 is 10.9 Å². The molecule has 20 heavy (non-hydrogen) atoms. The van der Waals surface area contributed by atoms with Crippen molar-refractivity contribution in [1.82, 2.24) is 24.5 Å². The standard InChI is InChI=1S/C13H12N6O/c1-18-13(15-7-16-18)19-12(20)8-3-2-4-9-11(8)10(17-19)5-6-14-9/h2-4,7,14H,5-6H2,1H3. The lowest BCUT2D eigenvalue weighted by molar-refractivity contribution is 0.657. The van der Waals surface area contributed by atoms with Crippen molar-refractivity contribution in [3.63, 3.8) is 0 Å². The summed E-state index contributed by atoms with van der Waals surface area (Å²) in [5.41, 5.74) is 1.71. The number of anilines is 1. The molecule has 0 unspecified atom stereocenters. The fraction of sp³-hybridized carbons (Fsp3) is 0.231. The molecule has 0 spiro atoms. The summed E-state index contributed by atoms with van der Waals surface area (Å²) in [5, 5.41) is 13.3. The second-order valence-electron chi connectivity index (χ2n) is 4.75. The summed E-state index contributed by atoms with van der Waals surface area (Å²) >= 11 is 0. The Kier molecular flexibility index (Phi) is 2.17. The van der Waals surface area contributed by atoms with Crippen LogP contribution in [0.5, 0.6) is 0 Å². The zero-order chi connectivity index (χ0) is 13.7. The largest absolute Gasteiger partial charge is 0.384 e. The van der Waals surface area contributed by atoms with E-state index < -0.39 is 0 Å². The molecule has 1 aromatic carbocycles. The molecule has 100 valence electrons. The summed E-state index contributed by atoms with van der Waals surface area (Å²) in [6, 6.07) is 5.67. The molecule has 0 saturated carbocycles. The van der Waals surface area contributed by atoms with E-state index in [0.29, 0.717) is 11.3 Å². The van der Waals surface area contributed by atoms with Gasteiger partial charge in [-0.05, 0) is 12.1 Å². The van der Waals surface area contributed by atoms with Crippen LogP contribution in [-0.2, 0) is 13.5 Å². The van der Waals surface area contributed by atoms with Gasteiger partial charge in [0.15, 0.2) is 0 Å². The van der Waals surface area contributed by atoms with Crippen LogP contribution in [-0.4, -0.2) is 31.1 Å². The molecule has 1 aliphatic heterocycles. The Hall–Kier alpha value is -2.70. The first-order chi connectivity index (χ1) is 9.75. The van der Waals surface area contributed by atoms with Gasteiger partial charge in [0.25, 0.3) is 11.5 Å². The average molecular weight is 268 g/mol. The Morgan fingerprint density at radius 2 is 2.25 bits per heavy atom. The number of hydrogen-bond acceptors (Lipinski definition) is 5. The van der Waals surface area contributed by atoms with E-state index in [4.69, 9.17) is 0 Å². The highest BCUT2D eigenvalue weighted by atomic mass is 16.1. The molecule has 0 bridgehead atoms. The molecule has 3 heterocycles. The molecule has 1 N–H and O–H groups in total. The van der Waals surface area contributed by atoms with Crippen LogP contribution in [0.3, 0.4) is 0 Å². The fourth-order valence-electron chi connectivity index (χ4n) is 2.63. The number of rotatable bonds is 1. The molecule has 7 nitrogen and oxygen atoms in total. The average Bonchev–Trinajstić information content (AvgIpc) is 2.89. The van der Waals surface area contributed by atoms with Crippen LogP contribution in [0.1, 0.15) is 5.69 Å². The maximum Gasteiger partial charge on any atom is 0.282 e. The topological polar surface area (TPSA) is 77.6 Å². The van der Waals surface area contributed by atoms with E-state index in [9.17, 15) is 4.79 Å². The zero-order valence-corrected chi connectivity index (χ0v) is 10.9. The summed E-state index contributed by atoms with van der Waals surface area (Å²) < 4.78 is 2.87. The molecule has 0 amide bonds. The molecule has 1 aliphatic rings. The van der Waals surface area contributed by atoms with Crippen molar-refractivity contribution < 1.29 is 0 Å². The smallest absolute Gasteiger partial charge is 0.282 e. The van der Waals surface area contributed by atoms with E-state index in [1.807, 2.05) is 18.2 Å². The van der Waals surface area contributed by atoms with Crippen molar-refractivity contribution in [2.24, 2.45) is 7.05 Å². The normalized spacial score (nSPS) is 13.4. The van der Waals surface area contributed by atoms with Gasteiger partial charge in [-0.1, -0.05) is 6.07 Å². The van der Waals surface area contributed by atoms with E-state index in [2.05, 4.69) is 20.5 Å². The van der Waals surface area contributed by atoms with Crippen LogP contribution in [0, 0.1) is 0 Å². The minimum atomic E-state index is -0.176. The lowest BCUT2D eigenvalue weighted by Gasteiger charge is -2.18. The van der Waals surface area contributed by atoms with E-state index in [0.717, 1.165) is 29.7 Å². The zero-order valence-electron chi connectivity index (χ0n) is 10.9. The Bertz CT molecular complexity index is 878. The van der Waals surface area contributed by atoms with Gasteiger partial charge in [-0.15, -0.1) is 0 Å². The van der Waals surface area contributed by atoms with Gasteiger partial charge in [-0.3, -0.25) is 4.79 Å². The van der Waals surface area contributed by atoms with Crippen molar-refractivity contribution >= 4 is 16.5 Å². The van der Waals surface area contributed by atoms with Crippen molar-refractivity contribution in [2.75, 3.05) is 11.9 Å². The maximum atomic E-state index is 12.6. The second-order valence-corrected chi connectivity index (χ2v) is 4.75. The van der Waals surface area contributed by atoms with Gasteiger partial charge >= 0.3 is 0 Å². The van der Waals surface area contributed by atoms with Gasteiger partial charge in [-0.2, -0.15) is 19.9 Å². The molecule has 0 aliphatic carbocycles. The van der Waals surface area contributed by atoms with Crippen molar-refractivity contribution in [3.8, 4) is 5.95 Å². The van der Waals surface area contributed by atoms with Crippen LogP contribution in [0.15, 0.2) is 29.3 Å². The predicted molar refractivity (Wildman–Crippen MR) is 74.1 cm³/mol. The third-order valence-electron chi connectivity index (χ3n) is 3.55. The SMILES string of the molecule is Cn1ncnc1-n1nc2c3c(cccc3c1=O)NCC2. The summed E-state index contributed by atoms with van der Waals surface area (Å²) in [6.45, 7) is 0.816. The number of benzene rings is 1. The number of aromatic nitrogens is 5. The monoisotopic (exact) mass is 268 g/mol.